The molecule has 1 saturated heterocycles. The normalized spacial score (nSPS) is 19.0. The number of aromatic amines is 1. The second kappa shape index (κ2) is 5.69. The summed E-state index contributed by atoms with van der Waals surface area (Å²) in [4.78, 5) is 18.8. The largest absolute Gasteiger partial charge is 0.462 e. The van der Waals surface area contributed by atoms with Gasteiger partial charge in [0.2, 0.25) is 0 Å². The molecule has 1 unspecified atom stereocenters. The maximum absolute atomic E-state index is 12.1. The van der Waals surface area contributed by atoms with Gasteiger partial charge in [0.05, 0.1) is 43.0 Å². The summed E-state index contributed by atoms with van der Waals surface area (Å²) in [5.41, 5.74) is 1.08. The van der Waals surface area contributed by atoms with Gasteiger partial charge >= 0.3 is 5.97 Å². The lowest BCUT2D eigenvalue weighted by Gasteiger charge is -2.34. The Morgan fingerprint density at radius 1 is 1.62 bits per heavy atom. The van der Waals surface area contributed by atoms with Crippen LogP contribution in [0.1, 0.15) is 24.2 Å². The van der Waals surface area contributed by atoms with Crippen LogP contribution in [0.4, 0.5) is 5.82 Å². The molecule has 1 fully saturated rings. The topological polar surface area (TPSA) is 80.3 Å². The molecule has 1 atom stereocenters. The second-order valence-electron chi connectivity index (χ2n) is 5.00. The SMILES string of the molecule is CCOC(=O)c1cc(N2CCOCC2C)nc2[nH]ncc12. The van der Waals surface area contributed by atoms with E-state index in [0.29, 0.717) is 36.4 Å². The molecular weight excluding hydrogens is 272 g/mol. The van der Waals surface area contributed by atoms with Gasteiger partial charge in [-0.1, -0.05) is 0 Å². The summed E-state index contributed by atoms with van der Waals surface area (Å²) < 4.78 is 10.6. The molecule has 1 N–H and O–H groups in total. The van der Waals surface area contributed by atoms with Gasteiger partial charge in [-0.05, 0) is 19.9 Å². The number of nitrogens with zero attached hydrogens (tertiary/aromatic N) is 3. The minimum atomic E-state index is -0.353. The molecule has 1 aliphatic heterocycles. The fourth-order valence-corrected chi connectivity index (χ4v) is 2.51. The van der Waals surface area contributed by atoms with Gasteiger partial charge in [-0.15, -0.1) is 0 Å². The number of aromatic nitrogens is 3. The van der Waals surface area contributed by atoms with E-state index in [9.17, 15) is 4.79 Å². The van der Waals surface area contributed by atoms with Gasteiger partial charge in [-0.25, -0.2) is 9.78 Å². The van der Waals surface area contributed by atoms with Gasteiger partial charge < -0.3 is 14.4 Å². The number of carbonyl (C=O) groups excluding carboxylic acids is 1. The average Bonchev–Trinajstić information content (AvgIpc) is 2.95. The molecule has 0 aromatic carbocycles. The van der Waals surface area contributed by atoms with Crippen molar-refractivity contribution in [2.75, 3.05) is 31.3 Å². The first kappa shape index (κ1) is 13.8. The Labute approximate surface area is 122 Å². The minimum Gasteiger partial charge on any atom is -0.462 e. The lowest BCUT2D eigenvalue weighted by molar-refractivity contribution is 0.0528. The highest BCUT2D eigenvalue weighted by molar-refractivity contribution is 6.03. The Balaban J connectivity index is 2.05. The van der Waals surface area contributed by atoms with E-state index in [4.69, 9.17) is 9.47 Å². The number of H-pyrrole nitrogens is 1. The van der Waals surface area contributed by atoms with E-state index in [-0.39, 0.29) is 12.0 Å². The van der Waals surface area contributed by atoms with Crippen LogP contribution in [0.25, 0.3) is 11.0 Å². The van der Waals surface area contributed by atoms with Gasteiger partial charge in [0.1, 0.15) is 5.82 Å². The number of anilines is 1. The first-order chi connectivity index (χ1) is 10.2. The van der Waals surface area contributed by atoms with Crippen LogP contribution in [0.2, 0.25) is 0 Å². The third kappa shape index (κ3) is 2.56. The van der Waals surface area contributed by atoms with Crippen molar-refractivity contribution < 1.29 is 14.3 Å². The van der Waals surface area contributed by atoms with Gasteiger partial charge in [0.15, 0.2) is 5.65 Å². The average molecular weight is 290 g/mol. The van der Waals surface area contributed by atoms with E-state index in [2.05, 4.69) is 27.0 Å². The van der Waals surface area contributed by atoms with Crippen LogP contribution in [0.5, 0.6) is 0 Å². The number of morpholine rings is 1. The second-order valence-corrected chi connectivity index (χ2v) is 5.00. The smallest absolute Gasteiger partial charge is 0.339 e. The number of ether oxygens (including phenoxy) is 2. The van der Waals surface area contributed by atoms with Crippen molar-refractivity contribution in [3.8, 4) is 0 Å². The van der Waals surface area contributed by atoms with E-state index in [1.807, 2.05) is 0 Å². The summed E-state index contributed by atoms with van der Waals surface area (Å²) in [5, 5.41) is 7.47. The van der Waals surface area contributed by atoms with Crippen LogP contribution in [-0.2, 0) is 9.47 Å². The molecule has 2 aromatic rings. The summed E-state index contributed by atoms with van der Waals surface area (Å²) in [6.45, 7) is 6.25. The summed E-state index contributed by atoms with van der Waals surface area (Å²) in [6.07, 6.45) is 1.60. The summed E-state index contributed by atoms with van der Waals surface area (Å²) in [6, 6.07) is 1.99. The highest BCUT2D eigenvalue weighted by Gasteiger charge is 2.23. The molecule has 3 heterocycles. The zero-order chi connectivity index (χ0) is 14.8. The van der Waals surface area contributed by atoms with Gasteiger partial charge in [0, 0.05) is 6.54 Å². The van der Waals surface area contributed by atoms with Crippen molar-refractivity contribution in [1.82, 2.24) is 15.2 Å². The molecule has 21 heavy (non-hydrogen) atoms. The molecule has 2 aromatic heterocycles. The molecule has 7 heteroatoms. The zero-order valence-electron chi connectivity index (χ0n) is 12.1. The maximum atomic E-state index is 12.1. The molecule has 0 bridgehead atoms. The highest BCUT2D eigenvalue weighted by Crippen LogP contribution is 2.24. The number of hydrogen-bond acceptors (Lipinski definition) is 6. The van der Waals surface area contributed by atoms with Crippen LogP contribution < -0.4 is 4.90 Å². The quantitative estimate of drug-likeness (QED) is 0.860. The number of carbonyl (C=O) groups is 1. The molecule has 0 spiro atoms. The zero-order valence-corrected chi connectivity index (χ0v) is 12.1. The number of fused-ring (bicyclic) bond motifs is 1. The molecule has 7 nitrogen and oxygen atoms in total. The highest BCUT2D eigenvalue weighted by atomic mass is 16.5. The van der Waals surface area contributed by atoms with E-state index in [0.717, 1.165) is 12.4 Å². The number of nitrogens with one attached hydrogen (secondary N) is 1. The third-order valence-electron chi connectivity index (χ3n) is 3.57. The Hall–Kier alpha value is -2.15. The first-order valence-electron chi connectivity index (χ1n) is 7.06. The van der Waals surface area contributed by atoms with E-state index >= 15 is 0 Å². The maximum Gasteiger partial charge on any atom is 0.339 e. The minimum absolute atomic E-state index is 0.210. The molecular formula is C14H18N4O3. The van der Waals surface area contributed by atoms with Crippen molar-refractivity contribution in [3.05, 3.63) is 17.8 Å². The Kier molecular flexibility index (Phi) is 3.74. The molecule has 0 saturated carbocycles. The van der Waals surface area contributed by atoms with Crippen LogP contribution >= 0.6 is 0 Å². The number of rotatable bonds is 3. The predicted octanol–water partition coefficient (Wildman–Crippen LogP) is 1.36. The van der Waals surface area contributed by atoms with E-state index < -0.39 is 0 Å². The number of esters is 1. The van der Waals surface area contributed by atoms with Gasteiger partial charge in [0.25, 0.3) is 0 Å². The van der Waals surface area contributed by atoms with Gasteiger partial charge in [-0.3, -0.25) is 5.10 Å². The van der Waals surface area contributed by atoms with Crippen LogP contribution in [0, 0.1) is 0 Å². The van der Waals surface area contributed by atoms with Gasteiger partial charge in [-0.2, -0.15) is 5.10 Å². The molecule has 3 rings (SSSR count). The lowest BCUT2D eigenvalue weighted by Crippen LogP contribution is -2.44. The van der Waals surface area contributed by atoms with Crippen molar-refractivity contribution in [3.63, 3.8) is 0 Å². The lowest BCUT2D eigenvalue weighted by atomic mass is 10.1. The van der Waals surface area contributed by atoms with Crippen molar-refractivity contribution in [2.45, 2.75) is 19.9 Å². The first-order valence-corrected chi connectivity index (χ1v) is 7.06. The molecule has 0 aliphatic carbocycles. The van der Waals surface area contributed by atoms with Crippen LogP contribution in [-0.4, -0.2) is 53.6 Å². The van der Waals surface area contributed by atoms with Crippen molar-refractivity contribution >= 4 is 22.8 Å². The van der Waals surface area contributed by atoms with Crippen LogP contribution in [0.3, 0.4) is 0 Å². The summed E-state index contributed by atoms with van der Waals surface area (Å²) in [7, 11) is 0. The monoisotopic (exact) mass is 290 g/mol. The number of hydrogen-bond donors (Lipinski definition) is 1. The Bertz CT molecular complexity index is 655. The standard InChI is InChI=1S/C14H18N4O3/c1-3-21-14(19)10-6-12(16-13-11(10)7-15-17-13)18-4-5-20-8-9(18)2/h6-7,9H,3-5,8H2,1-2H3,(H,15,16,17). The van der Waals surface area contributed by atoms with E-state index in [1.165, 1.54) is 0 Å². The van der Waals surface area contributed by atoms with Crippen molar-refractivity contribution in [2.24, 2.45) is 0 Å². The molecule has 0 amide bonds. The fourth-order valence-electron chi connectivity index (χ4n) is 2.51. The van der Waals surface area contributed by atoms with Crippen LogP contribution in [0.15, 0.2) is 12.3 Å². The van der Waals surface area contributed by atoms with E-state index in [1.54, 1.807) is 19.2 Å². The Morgan fingerprint density at radius 2 is 2.48 bits per heavy atom. The summed E-state index contributed by atoms with van der Waals surface area (Å²) >= 11 is 0. The third-order valence-corrected chi connectivity index (χ3v) is 3.57. The summed E-state index contributed by atoms with van der Waals surface area (Å²) in [5.74, 6) is 0.388. The molecule has 1 aliphatic rings. The van der Waals surface area contributed by atoms with Crippen molar-refractivity contribution in [1.29, 1.82) is 0 Å². The predicted molar refractivity (Wildman–Crippen MR) is 77.5 cm³/mol. The Morgan fingerprint density at radius 3 is 3.24 bits per heavy atom. The molecule has 112 valence electrons. The fraction of sp³-hybridized carbons (Fsp3) is 0.500. The molecule has 0 radical (unpaired) electrons. The number of pyridine rings is 1.